The smallest absolute Gasteiger partial charge is 0.241 e. The summed E-state index contributed by atoms with van der Waals surface area (Å²) in [6, 6.07) is 15.2. The monoisotopic (exact) mass is 366 g/mol. The van der Waals surface area contributed by atoms with Crippen LogP contribution < -0.4 is 15.4 Å². The fourth-order valence-corrected chi connectivity index (χ4v) is 2.37. The molecule has 0 aliphatic heterocycles. The van der Waals surface area contributed by atoms with Crippen LogP contribution in [-0.2, 0) is 9.59 Å². The molecule has 0 saturated heterocycles. The summed E-state index contributed by atoms with van der Waals surface area (Å²) in [5, 5.41) is 14.6. The van der Waals surface area contributed by atoms with Gasteiger partial charge in [0.05, 0.1) is 30.9 Å². The third-order valence-corrected chi connectivity index (χ3v) is 4.11. The number of methoxy groups -OCH3 is 1. The van der Waals surface area contributed by atoms with E-state index in [9.17, 15) is 9.59 Å². The maximum Gasteiger partial charge on any atom is 0.241 e. The SMILES string of the molecule is COc1ccc(NC(=O)CN(C)[C@@H](C)C(=O)Nc2ccccc2C#N)cc1. The Labute approximate surface area is 158 Å². The van der Waals surface area contributed by atoms with Crippen molar-refractivity contribution in [3.63, 3.8) is 0 Å². The van der Waals surface area contributed by atoms with Crippen LogP contribution in [0.2, 0.25) is 0 Å². The zero-order chi connectivity index (χ0) is 19.8. The van der Waals surface area contributed by atoms with Gasteiger partial charge in [-0.3, -0.25) is 14.5 Å². The van der Waals surface area contributed by atoms with E-state index < -0.39 is 6.04 Å². The molecule has 7 nitrogen and oxygen atoms in total. The van der Waals surface area contributed by atoms with Gasteiger partial charge in [-0.2, -0.15) is 5.26 Å². The maximum atomic E-state index is 12.4. The minimum atomic E-state index is -0.557. The van der Waals surface area contributed by atoms with Crippen LogP contribution in [0, 0.1) is 11.3 Å². The second kappa shape index (κ2) is 9.36. The van der Waals surface area contributed by atoms with E-state index in [2.05, 4.69) is 10.6 Å². The van der Waals surface area contributed by atoms with Gasteiger partial charge in [-0.15, -0.1) is 0 Å². The molecule has 2 aromatic rings. The zero-order valence-corrected chi connectivity index (χ0v) is 15.5. The molecule has 2 amide bonds. The van der Waals surface area contributed by atoms with Crippen molar-refractivity contribution < 1.29 is 14.3 Å². The fraction of sp³-hybridized carbons (Fsp3) is 0.250. The van der Waals surface area contributed by atoms with Gasteiger partial charge in [0.2, 0.25) is 11.8 Å². The van der Waals surface area contributed by atoms with Crippen LogP contribution >= 0.6 is 0 Å². The van der Waals surface area contributed by atoms with Crippen molar-refractivity contribution in [2.45, 2.75) is 13.0 Å². The Hall–Kier alpha value is -3.37. The number of nitriles is 1. The number of carbonyl (C=O) groups excluding carboxylic acids is 2. The van der Waals surface area contributed by atoms with Gasteiger partial charge in [-0.25, -0.2) is 0 Å². The molecule has 0 spiro atoms. The van der Waals surface area contributed by atoms with Crippen molar-refractivity contribution in [1.29, 1.82) is 5.26 Å². The first-order chi connectivity index (χ1) is 12.9. The second-order valence-corrected chi connectivity index (χ2v) is 6.01. The van der Waals surface area contributed by atoms with Gasteiger partial charge in [0.25, 0.3) is 0 Å². The highest BCUT2D eigenvalue weighted by Gasteiger charge is 2.21. The summed E-state index contributed by atoms with van der Waals surface area (Å²) in [5.41, 5.74) is 1.49. The predicted molar refractivity (Wildman–Crippen MR) is 104 cm³/mol. The minimum Gasteiger partial charge on any atom is -0.497 e. The summed E-state index contributed by atoms with van der Waals surface area (Å²) < 4.78 is 5.08. The van der Waals surface area contributed by atoms with Gasteiger partial charge in [0.15, 0.2) is 0 Å². The molecule has 2 aromatic carbocycles. The molecule has 0 bridgehead atoms. The summed E-state index contributed by atoms with van der Waals surface area (Å²) in [4.78, 5) is 26.3. The first-order valence-electron chi connectivity index (χ1n) is 8.38. The number of benzene rings is 2. The molecule has 27 heavy (non-hydrogen) atoms. The summed E-state index contributed by atoms with van der Waals surface area (Å²) in [6.45, 7) is 1.74. The topological polar surface area (TPSA) is 94.5 Å². The highest BCUT2D eigenvalue weighted by atomic mass is 16.5. The van der Waals surface area contributed by atoms with Crippen LogP contribution in [0.25, 0.3) is 0 Å². The van der Waals surface area contributed by atoms with Crippen molar-refractivity contribution in [3.8, 4) is 11.8 Å². The number of nitrogens with one attached hydrogen (secondary N) is 2. The summed E-state index contributed by atoms with van der Waals surface area (Å²) in [5.74, 6) is 0.172. The lowest BCUT2D eigenvalue weighted by Crippen LogP contribution is -2.43. The molecule has 0 saturated carbocycles. The first kappa shape index (κ1) is 19.9. The van der Waals surface area contributed by atoms with Crippen LogP contribution in [0.4, 0.5) is 11.4 Å². The Bertz CT molecular complexity index is 843. The van der Waals surface area contributed by atoms with E-state index >= 15 is 0 Å². The average Bonchev–Trinajstić information content (AvgIpc) is 2.68. The van der Waals surface area contributed by atoms with Crippen molar-refractivity contribution in [2.24, 2.45) is 0 Å². The normalized spacial score (nSPS) is 11.4. The predicted octanol–water partition coefficient (Wildman–Crippen LogP) is 2.46. The van der Waals surface area contributed by atoms with Gasteiger partial charge >= 0.3 is 0 Å². The number of nitrogens with zero attached hydrogens (tertiary/aromatic N) is 2. The Morgan fingerprint density at radius 3 is 2.44 bits per heavy atom. The van der Waals surface area contributed by atoms with E-state index in [0.717, 1.165) is 0 Å². The summed E-state index contributed by atoms with van der Waals surface area (Å²) >= 11 is 0. The Balaban J connectivity index is 1.91. The lowest BCUT2D eigenvalue weighted by atomic mass is 10.2. The molecule has 7 heteroatoms. The molecule has 2 rings (SSSR count). The number of carbonyl (C=O) groups is 2. The van der Waals surface area contributed by atoms with Gasteiger partial charge in [0, 0.05) is 5.69 Å². The molecular formula is C20H22N4O3. The number of anilines is 2. The van der Waals surface area contributed by atoms with E-state index in [4.69, 9.17) is 10.00 Å². The van der Waals surface area contributed by atoms with Gasteiger partial charge in [-0.1, -0.05) is 12.1 Å². The van der Waals surface area contributed by atoms with Gasteiger partial charge < -0.3 is 15.4 Å². The van der Waals surface area contributed by atoms with Crippen molar-refractivity contribution in [1.82, 2.24) is 4.90 Å². The summed E-state index contributed by atoms with van der Waals surface area (Å²) in [6.07, 6.45) is 0. The van der Waals surface area contributed by atoms with E-state index in [1.807, 2.05) is 6.07 Å². The Kier molecular flexibility index (Phi) is 6.92. The lowest BCUT2D eigenvalue weighted by Gasteiger charge is -2.23. The number of amides is 2. The largest absolute Gasteiger partial charge is 0.497 e. The van der Waals surface area contributed by atoms with Crippen LogP contribution in [0.5, 0.6) is 5.75 Å². The maximum absolute atomic E-state index is 12.4. The molecule has 0 aliphatic rings. The molecule has 0 aliphatic carbocycles. The van der Waals surface area contributed by atoms with E-state index in [-0.39, 0.29) is 18.4 Å². The van der Waals surface area contributed by atoms with Gasteiger partial charge in [-0.05, 0) is 50.4 Å². The van der Waals surface area contributed by atoms with E-state index in [0.29, 0.717) is 22.7 Å². The van der Waals surface area contributed by atoms with Crippen LogP contribution in [0.15, 0.2) is 48.5 Å². The third-order valence-electron chi connectivity index (χ3n) is 4.11. The van der Waals surface area contributed by atoms with E-state index in [1.54, 1.807) is 74.5 Å². The highest BCUT2D eigenvalue weighted by Crippen LogP contribution is 2.16. The lowest BCUT2D eigenvalue weighted by molar-refractivity contribution is -0.122. The van der Waals surface area contributed by atoms with Crippen molar-refractivity contribution in [3.05, 3.63) is 54.1 Å². The number of para-hydroxylation sites is 1. The van der Waals surface area contributed by atoms with Crippen LogP contribution in [0.1, 0.15) is 12.5 Å². The fourth-order valence-electron chi connectivity index (χ4n) is 2.37. The van der Waals surface area contributed by atoms with Crippen molar-refractivity contribution in [2.75, 3.05) is 31.3 Å². The molecule has 0 unspecified atom stereocenters. The van der Waals surface area contributed by atoms with Crippen LogP contribution in [-0.4, -0.2) is 43.5 Å². The second-order valence-electron chi connectivity index (χ2n) is 6.01. The number of hydrogen-bond donors (Lipinski definition) is 2. The highest BCUT2D eigenvalue weighted by molar-refractivity contribution is 5.97. The number of rotatable bonds is 7. The molecule has 0 aromatic heterocycles. The van der Waals surface area contributed by atoms with E-state index in [1.165, 1.54) is 0 Å². The molecule has 0 radical (unpaired) electrons. The number of likely N-dealkylation sites (N-methyl/N-ethyl adjacent to an activating group) is 1. The molecule has 0 fully saturated rings. The molecule has 0 heterocycles. The number of hydrogen-bond acceptors (Lipinski definition) is 5. The first-order valence-corrected chi connectivity index (χ1v) is 8.38. The average molecular weight is 366 g/mol. The van der Waals surface area contributed by atoms with Gasteiger partial charge in [0.1, 0.15) is 11.8 Å². The van der Waals surface area contributed by atoms with Crippen LogP contribution in [0.3, 0.4) is 0 Å². The quantitative estimate of drug-likeness (QED) is 0.785. The molecular weight excluding hydrogens is 344 g/mol. The standard InChI is InChI=1S/C20H22N4O3/c1-14(20(26)23-18-7-5-4-6-15(18)12-21)24(2)13-19(25)22-16-8-10-17(27-3)11-9-16/h4-11,14H,13H2,1-3H3,(H,22,25)(H,23,26)/t14-/m0/s1. The zero-order valence-electron chi connectivity index (χ0n) is 15.5. The minimum absolute atomic E-state index is 0.0422. The summed E-state index contributed by atoms with van der Waals surface area (Å²) in [7, 11) is 3.26. The molecule has 140 valence electrons. The molecule has 1 atom stereocenters. The van der Waals surface area contributed by atoms with Crippen molar-refractivity contribution >= 4 is 23.2 Å². The Morgan fingerprint density at radius 1 is 1.15 bits per heavy atom. The Morgan fingerprint density at radius 2 is 1.81 bits per heavy atom. The number of ether oxygens (including phenoxy) is 1. The third kappa shape index (κ3) is 5.56. The molecule has 2 N–H and O–H groups in total.